The third kappa shape index (κ3) is 1.76. The van der Waals surface area contributed by atoms with Crippen LogP contribution in [-0.2, 0) is 9.59 Å². The Labute approximate surface area is 133 Å². The highest BCUT2D eigenvalue weighted by Crippen LogP contribution is 2.56. The normalized spacial score (nSPS) is 33.6. The lowest BCUT2D eigenvalue weighted by atomic mass is 9.63. The summed E-state index contributed by atoms with van der Waals surface area (Å²) in [6, 6.07) is 0. The van der Waals surface area contributed by atoms with Crippen molar-refractivity contribution in [3.8, 4) is 0 Å². The van der Waals surface area contributed by atoms with E-state index >= 15 is 0 Å². The van der Waals surface area contributed by atoms with Crippen LogP contribution >= 0.6 is 22.6 Å². The lowest BCUT2D eigenvalue weighted by Crippen LogP contribution is -2.58. The first-order chi connectivity index (χ1) is 9.28. The molecule has 0 aromatic heterocycles. The minimum absolute atomic E-state index is 0.0682. The quantitative estimate of drug-likeness (QED) is 0.601. The maximum absolute atomic E-state index is 12.7. The fraction of sp³-hybridized carbons (Fsp3) is 0.625. The van der Waals surface area contributed by atoms with Gasteiger partial charge in [-0.25, -0.2) is 0 Å². The van der Waals surface area contributed by atoms with Crippen molar-refractivity contribution in [3.05, 3.63) is 21.3 Å². The molecule has 0 saturated carbocycles. The lowest BCUT2D eigenvalue weighted by molar-refractivity contribution is -0.133. The maximum Gasteiger partial charge on any atom is 0.261 e. The molecule has 1 fully saturated rings. The van der Waals surface area contributed by atoms with Crippen molar-refractivity contribution in [1.29, 1.82) is 0 Å². The van der Waals surface area contributed by atoms with Crippen molar-refractivity contribution in [2.45, 2.75) is 45.6 Å². The molecule has 0 radical (unpaired) electrons. The number of rotatable bonds is 0. The summed E-state index contributed by atoms with van der Waals surface area (Å²) in [7, 11) is 0. The molecule has 2 unspecified atom stereocenters. The van der Waals surface area contributed by atoms with Gasteiger partial charge in [-0.05, 0) is 58.4 Å². The van der Waals surface area contributed by atoms with Gasteiger partial charge in [-0.3, -0.25) is 9.59 Å². The van der Waals surface area contributed by atoms with Crippen molar-refractivity contribution in [2.24, 2.45) is 11.3 Å². The summed E-state index contributed by atoms with van der Waals surface area (Å²) in [5.41, 5.74) is 0.809. The zero-order valence-corrected chi connectivity index (χ0v) is 14.4. The molecule has 1 aliphatic carbocycles. The molecule has 20 heavy (non-hydrogen) atoms. The van der Waals surface area contributed by atoms with Crippen molar-refractivity contribution >= 4 is 34.3 Å². The number of halogens is 1. The van der Waals surface area contributed by atoms with Crippen LogP contribution in [0.2, 0.25) is 0 Å². The molecule has 108 valence electrons. The molecule has 0 aromatic carbocycles. The van der Waals surface area contributed by atoms with Gasteiger partial charge in [0.2, 0.25) is 0 Å². The standard InChI is InChI=1S/C16H20INO2/c1-15(2,3)13-12(17)14(20)18-8-4-5-10-9-11(19)6-7-16(10,13)18/h6-7,10H,4-5,8-9H2,1-3H3. The molecule has 2 aliphatic heterocycles. The second-order valence-electron chi connectivity index (χ2n) is 7.06. The molecule has 1 spiro atoms. The topological polar surface area (TPSA) is 37.4 Å². The van der Waals surface area contributed by atoms with E-state index in [-0.39, 0.29) is 28.6 Å². The van der Waals surface area contributed by atoms with Crippen LogP contribution in [0.3, 0.4) is 0 Å². The fourth-order valence-corrected chi connectivity index (χ4v) is 5.69. The fourth-order valence-electron chi connectivity index (χ4n) is 4.16. The van der Waals surface area contributed by atoms with E-state index in [2.05, 4.69) is 43.4 Å². The van der Waals surface area contributed by atoms with Crippen molar-refractivity contribution in [1.82, 2.24) is 4.90 Å². The Hall–Kier alpha value is -0.650. The minimum Gasteiger partial charge on any atom is -0.325 e. The van der Waals surface area contributed by atoms with Gasteiger partial charge >= 0.3 is 0 Å². The van der Waals surface area contributed by atoms with Gasteiger partial charge < -0.3 is 4.90 Å². The second-order valence-corrected chi connectivity index (χ2v) is 8.14. The van der Waals surface area contributed by atoms with Crippen LogP contribution in [0.25, 0.3) is 0 Å². The van der Waals surface area contributed by atoms with Gasteiger partial charge in [0.05, 0.1) is 9.12 Å². The number of nitrogens with zero attached hydrogens (tertiary/aromatic N) is 1. The van der Waals surface area contributed by atoms with Gasteiger partial charge in [0.25, 0.3) is 5.91 Å². The van der Waals surface area contributed by atoms with E-state index in [1.807, 2.05) is 11.0 Å². The molecular weight excluding hydrogens is 365 g/mol. The Kier molecular flexibility index (Phi) is 3.16. The van der Waals surface area contributed by atoms with Gasteiger partial charge in [-0.1, -0.05) is 26.8 Å². The number of piperidine rings is 1. The highest BCUT2D eigenvalue weighted by atomic mass is 127. The highest BCUT2D eigenvalue weighted by molar-refractivity contribution is 14.1. The molecule has 3 rings (SSSR count). The van der Waals surface area contributed by atoms with Crippen LogP contribution in [0.1, 0.15) is 40.0 Å². The average molecular weight is 385 g/mol. The van der Waals surface area contributed by atoms with E-state index in [9.17, 15) is 9.59 Å². The molecule has 3 nitrogen and oxygen atoms in total. The number of carbonyl (C=O) groups is 2. The first kappa shape index (κ1) is 14.3. The van der Waals surface area contributed by atoms with Crippen molar-refractivity contribution < 1.29 is 9.59 Å². The second kappa shape index (κ2) is 4.42. The molecule has 0 N–H and O–H groups in total. The summed E-state index contributed by atoms with van der Waals surface area (Å²) in [5, 5.41) is 0. The van der Waals surface area contributed by atoms with Gasteiger partial charge in [0.15, 0.2) is 5.78 Å². The van der Waals surface area contributed by atoms with E-state index < -0.39 is 0 Å². The number of carbonyl (C=O) groups excluding carboxylic acids is 2. The van der Waals surface area contributed by atoms with Crippen LogP contribution in [0.4, 0.5) is 0 Å². The van der Waals surface area contributed by atoms with Crippen LogP contribution in [0.15, 0.2) is 21.3 Å². The van der Waals surface area contributed by atoms with Gasteiger partial charge in [-0.15, -0.1) is 0 Å². The highest BCUT2D eigenvalue weighted by Gasteiger charge is 2.58. The van der Waals surface area contributed by atoms with Gasteiger partial charge in [0.1, 0.15) is 0 Å². The first-order valence-electron chi connectivity index (χ1n) is 7.23. The molecule has 3 aliphatic rings. The summed E-state index contributed by atoms with van der Waals surface area (Å²) >= 11 is 2.21. The Bertz CT molecular complexity index is 555. The average Bonchev–Trinajstić information content (AvgIpc) is 2.57. The van der Waals surface area contributed by atoms with Gasteiger partial charge in [0, 0.05) is 13.0 Å². The summed E-state index contributed by atoms with van der Waals surface area (Å²) in [5.74, 6) is 0.600. The Balaban J connectivity index is 2.24. The predicted octanol–water partition coefficient (Wildman–Crippen LogP) is 3.24. The summed E-state index contributed by atoms with van der Waals surface area (Å²) in [4.78, 5) is 26.5. The molecule has 0 bridgehead atoms. The molecule has 4 heteroatoms. The number of ketones is 1. The Morgan fingerprint density at radius 3 is 2.70 bits per heavy atom. The van der Waals surface area contributed by atoms with E-state index in [0.717, 1.165) is 23.0 Å². The predicted molar refractivity (Wildman–Crippen MR) is 86.4 cm³/mol. The number of amides is 1. The zero-order chi connectivity index (χ0) is 14.7. The molecule has 0 aromatic rings. The van der Waals surface area contributed by atoms with Crippen LogP contribution < -0.4 is 0 Å². The molecule has 2 heterocycles. The summed E-state index contributed by atoms with van der Waals surface area (Å²) in [6.45, 7) is 7.31. The molecule has 1 saturated heterocycles. The number of hydrogen-bond acceptors (Lipinski definition) is 2. The first-order valence-corrected chi connectivity index (χ1v) is 8.31. The zero-order valence-electron chi connectivity index (χ0n) is 12.2. The molecule has 2 atom stereocenters. The van der Waals surface area contributed by atoms with Crippen LogP contribution in [0, 0.1) is 11.3 Å². The largest absolute Gasteiger partial charge is 0.325 e. The lowest BCUT2D eigenvalue weighted by Gasteiger charge is -2.51. The van der Waals surface area contributed by atoms with E-state index in [4.69, 9.17) is 0 Å². The number of hydrogen-bond donors (Lipinski definition) is 0. The molecular formula is C16H20INO2. The summed E-state index contributed by atoms with van der Waals surface area (Å²) < 4.78 is 0.862. The van der Waals surface area contributed by atoms with E-state index in [0.29, 0.717) is 6.42 Å². The third-order valence-corrected chi connectivity index (χ3v) is 5.78. The smallest absolute Gasteiger partial charge is 0.261 e. The van der Waals surface area contributed by atoms with Crippen molar-refractivity contribution in [3.63, 3.8) is 0 Å². The Morgan fingerprint density at radius 2 is 2.05 bits per heavy atom. The Morgan fingerprint density at radius 1 is 1.35 bits per heavy atom. The van der Waals surface area contributed by atoms with E-state index in [1.54, 1.807) is 6.08 Å². The maximum atomic E-state index is 12.7. The minimum atomic E-state index is -0.335. The number of allylic oxidation sites excluding steroid dienone is 1. The third-order valence-electron chi connectivity index (χ3n) is 4.78. The SMILES string of the molecule is CC(C)(C)C1=C(I)C(=O)N2CCCC3CC(=O)C=CC132. The van der Waals surface area contributed by atoms with Crippen LogP contribution in [-0.4, -0.2) is 28.7 Å². The van der Waals surface area contributed by atoms with Crippen LogP contribution in [0.5, 0.6) is 0 Å². The van der Waals surface area contributed by atoms with Crippen molar-refractivity contribution in [2.75, 3.05) is 6.54 Å². The molecule has 1 amide bonds. The van der Waals surface area contributed by atoms with E-state index in [1.165, 1.54) is 5.57 Å². The summed E-state index contributed by atoms with van der Waals surface area (Å²) in [6.07, 6.45) is 6.32. The monoisotopic (exact) mass is 385 g/mol. The van der Waals surface area contributed by atoms with Gasteiger partial charge in [-0.2, -0.15) is 0 Å².